The lowest BCUT2D eigenvalue weighted by Crippen LogP contribution is -1.96. The number of oxazole rings is 1. The summed E-state index contributed by atoms with van der Waals surface area (Å²) >= 11 is 0. The molecule has 0 saturated carbocycles. The van der Waals surface area contributed by atoms with Crippen molar-refractivity contribution in [3.05, 3.63) is 176 Å². The van der Waals surface area contributed by atoms with Crippen LogP contribution < -0.4 is 0 Å². The molecule has 0 bridgehead atoms. The van der Waals surface area contributed by atoms with Gasteiger partial charge < -0.3 is 4.42 Å². The summed E-state index contributed by atoms with van der Waals surface area (Å²) in [4.78, 5) is 14.9. The van der Waals surface area contributed by atoms with Crippen molar-refractivity contribution in [1.82, 2.24) is 15.0 Å². The molecule has 2 heterocycles. The van der Waals surface area contributed by atoms with Crippen LogP contribution in [0.15, 0.2) is 180 Å². The highest BCUT2D eigenvalue weighted by molar-refractivity contribution is 5.96. The topological polar surface area (TPSA) is 51.8 Å². The predicted octanol–water partition coefficient (Wildman–Crippen LogP) is 11.8. The van der Waals surface area contributed by atoms with Gasteiger partial charge in [0.15, 0.2) is 11.4 Å². The van der Waals surface area contributed by atoms with Crippen LogP contribution in [0.25, 0.3) is 89.5 Å². The van der Waals surface area contributed by atoms with Crippen molar-refractivity contribution in [2.75, 3.05) is 0 Å². The Kier molecular flexibility index (Phi) is 7.10. The van der Waals surface area contributed by atoms with Crippen LogP contribution in [-0.4, -0.2) is 15.0 Å². The van der Waals surface area contributed by atoms with Crippen LogP contribution in [0, 0.1) is 0 Å². The Balaban J connectivity index is 1.10. The van der Waals surface area contributed by atoms with E-state index in [1.807, 2.05) is 66.7 Å². The zero-order valence-electron chi connectivity index (χ0n) is 26.5. The van der Waals surface area contributed by atoms with E-state index in [9.17, 15) is 0 Å². The summed E-state index contributed by atoms with van der Waals surface area (Å²) in [6, 6.07) is 60.5. The third-order valence-corrected chi connectivity index (χ3v) is 8.93. The van der Waals surface area contributed by atoms with Crippen molar-refractivity contribution < 1.29 is 4.42 Å². The Morgan fingerprint density at radius 3 is 1.57 bits per heavy atom. The smallest absolute Gasteiger partial charge is 0.227 e. The molecule has 9 rings (SSSR count). The van der Waals surface area contributed by atoms with Gasteiger partial charge >= 0.3 is 0 Å². The molecule has 0 aliphatic rings. The van der Waals surface area contributed by atoms with Gasteiger partial charge in [0.2, 0.25) is 5.89 Å². The Hall–Kier alpha value is -6.65. The SMILES string of the molecule is c1ccc(-c2ccc(-c3nc(-c4ccccc4)cc(-c4ccc5cc(-c6cccc7nc(-c8ccccc8)oc67)ccc5c4)n3)cc2)cc1. The van der Waals surface area contributed by atoms with Crippen molar-refractivity contribution >= 4 is 21.9 Å². The molecule has 0 fully saturated rings. The van der Waals surface area contributed by atoms with Crippen molar-refractivity contribution in [2.45, 2.75) is 0 Å². The lowest BCUT2D eigenvalue weighted by atomic mass is 9.98. The van der Waals surface area contributed by atoms with E-state index in [1.54, 1.807) is 0 Å². The first kappa shape index (κ1) is 28.6. The van der Waals surface area contributed by atoms with E-state index in [2.05, 4.69) is 109 Å². The minimum absolute atomic E-state index is 0.625. The molecule has 2 aromatic heterocycles. The van der Waals surface area contributed by atoms with Gasteiger partial charge in [-0.3, -0.25) is 0 Å². The van der Waals surface area contributed by atoms with Crippen LogP contribution in [0.5, 0.6) is 0 Å². The minimum atomic E-state index is 0.625. The standard InChI is InChI=1S/C45H29N3O/c1-4-11-30(12-5-1)31-19-21-33(22-20-31)44-46-41(32-13-6-2-7-14-32)29-42(47-44)38-26-24-35-27-37(25-23-36(35)28-38)39-17-10-18-40-43(39)49-45(48-40)34-15-8-3-9-16-34/h1-29H. The second-order valence-corrected chi connectivity index (χ2v) is 12.1. The zero-order chi connectivity index (χ0) is 32.6. The summed E-state index contributed by atoms with van der Waals surface area (Å²) in [5.74, 6) is 1.32. The first-order valence-electron chi connectivity index (χ1n) is 16.4. The second kappa shape index (κ2) is 12.2. The largest absolute Gasteiger partial charge is 0.435 e. The summed E-state index contributed by atoms with van der Waals surface area (Å²) in [6.45, 7) is 0. The monoisotopic (exact) mass is 627 g/mol. The Morgan fingerprint density at radius 2 is 0.878 bits per heavy atom. The molecule has 9 aromatic rings. The molecule has 0 amide bonds. The van der Waals surface area contributed by atoms with Gasteiger partial charge in [0.25, 0.3) is 0 Å². The summed E-state index contributed by atoms with van der Waals surface area (Å²) in [5, 5.41) is 2.26. The third kappa shape index (κ3) is 5.56. The number of rotatable bonds is 6. The molecule has 0 aliphatic heterocycles. The fraction of sp³-hybridized carbons (Fsp3) is 0. The van der Waals surface area contributed by atoms with Gasteiger partial charge in [0.1, 0.15) is 5.52 Å². The summed E-state index contributed by atoms with van der Waals surface area (Å²) in [5.41, 5.74) is 11.9. The van der Waals surface area contributed by atoms with Crippen LogP contribution in [0.4, 0.5) is 0 Å². The highest BCUT2D eigenvalue weighted by Gasteiger charge is 2.15. The van der Waals surface area contributed by atoms with E-state index in [-0.39, 0.29) is 0 Å². The molecule has 230 valence electrons. The normalized spacial score (nSPS) is 11.3. The van der Waals surface area contributed by atoms with E-state index in [0.29, 0.717) is 11.7 Å². The predicted molar refractivity (Wildman–Crippen MR) is 200 cm³/mol. The quantitative estimate of drug-likeness (QED) is 0.184. The van der Waals surface area contributed by atoms with E-state index in [4.69, 9.17) is 19.4 Å². The summed E-state index contributed by atoms with van der Waals surface area (Å²) in [7, 11) is 0. The maximum Gasteiger partial charge on any atom is 0.227 e. The van der Waals surface area contributed by atoms with Crippen molar-refractivity contribution in [2.24, 2.45) is 0 Å². The molecule has 0 radical (unpaired) electrons. The fourth-order valence-corrected chi connectivity index (χ4v) is 6.38. The number of aromatic nitrogens is 3. The first-order valence-corrected chi connectivity index (χ1v) is 16.4. The molecule has 0 aliphatic carbocycles. The molecule has 0 atom stereocenters. The van der Waals surface area contributed by atoms with Gasteiger partial charge in [-0.15, -0.1) is 0 Å². The van der Waals surface area contributed by atoms with Crippen molar-refractivity contribution in [3.8, 4) is 67.6 Å². The average Bonchev–Trinajstić information content (AvgIpc) is 3.63. The zero-order valence-corrected chi connectivity index (χ0v) is 26.5. The lowest BCUT2D eigenvalue weighted by molar-refractivity contribution is 0.621. The van der Waals surface area contributed by atoms with Crippen LogP contribution in [0.1, 0.15) is 0 Å². The Labute approximate surface area is 284 Å². The van der Waals surface area contributed by atoms with Crippen LogP contribution in [0.3, 0.4) is 0 Å². The van der Waals surface area contributed by atoms with E-state index in [1.165, 1.54) is 5.56 Å². The molecule has 49 heavy (non-hydrogen) atoms. The second-order valence-electron chi connectivity index (χ2n) is 12.1. The lowest BCUT2D eigenvalue weighted by Gasteiger charge is -2.11. The first-order chi connectivity index (χ1) is 24.2. The van der Waals surface area contributed by atoms with Gasteiger partial charge in [-0.25, -0.2) is 15.0 Å². The van der Waals surface area contributed by atoms with Crippen LogP contribution in [0.2, 0.25) is 0 Å². The maximum atomic E-state index is 6.33. The molecule has 4 heteroatoms. The Morgan fingerprint density at radius 1 is 0.347 bits per heavy atom. The molecular formula is C45H29N3O. The highest BCUT2D eigenvalue weighted by Crippen LogP contribution is 2.35. The van der Waals surface area contributed by atoms with Crippen LogP contribution in [-0.2, 0) is 0 Å². The molecule has 4 nitrogen and oxygen atoms in total. The summed E-state index contributed by atoms with van der Waals surface area (Å²) in [6.07, 6.45) is 0. The third-order valence-electron chi connectivity index (χ3n) is 8.93. The number of benzene rings is 7. The van der Waals surface area contributed by atoms with E-state index in [0.717, 1.165) is 72.2 Å². The number of hydrogen-bond donors (Lipinski definition) is 0. The number of fused-ring (bicyclic) bond motifs is 2. The van der Waals surface area contributed by atoms with Gasteiger partial charge in [-0.2, -0.15) is 0 Å². The maximum absolute atomic E-state index is 6.33. The van der Waals surface area contributed by atoms with E-state index >= 15 is 0 Å². The number of para-hydroxylation sites is 1. The highest BCUT2D eigenvalue weighted by atomic mass is 16.3. The van der Waals surface area contributed by atoms with E-state index < -0.39 is 0 Å². The summed E-state index contributed by atoms with van der Waals surface area (Å²) < 4.78 is 6.33. The molecule has 0 unspecified atom stereocenters. The van der Waals surface area contributed by atoms with Gasteiger partial charge in [-0.05, 0) is 63.9 Å². The minimum Gasteiger partial charge on any atom is -0.435 e. The molecule has 7 aromatic carbocycles. The van der Waals surface area contributed by atoms with Crippen molar-refractivity contribution in [1.29, 1.82) is 0 Å². The van der Waals surface area contributed by atoms with Gasteiger partial charge in [0.05, 0.1) is 11.4 Å². The van der Waals surface area contributed by atoms with Crippen molar-refractivity contribution in [3.63, 3.8) is 0 Å². The van der Waals surface area contributed by atoms with Gasteiger partial charge in [-0.1, -0.05) is 140 Å². The molecule has 0 saturated heterocycles. The number of nitrogens with zero attached hydrogens (tertiary/aromatic N) is 3. The average molecular weight is 628 g/mol. The Bertz CT molecular complexity index is 2580. The van der Waals surface area contributed by atoms with Gasteiger partial charge in [0, 0.05) is 27.8 Å². The molecular weight excluding hydrogens is 599 g/mol. The number of hydrogen-bond acceptors (Lipinski definition) is 4. The van der Waals surface area contributed by atoms with Crippen LogP contribution >= 0.6 is 0 Å². The molecule has 0 N–H and O–H groups in total. The molecule has 0 spiro atoms. The fourth-order valence-electron chi connectivity index (χ4n) is 6.38.